The molecule has 1 rings (SSSR count). The van der Waals surface area contributed by atoms with Crippen molar-refractivity contribution in [3.63, 3.8) is 0 Å². The first-order valence-corrected chi connectivity index (χ1v) is 8.05. The number of rotatable bonds is 8. The van der Waals surface area contributed by atoms with E-state index in [1.807, 2.05) is 55.3 Å². The number of hydrogen-bond donors (Lipinski definition) is 3. The van der Waals surface area contributed by atoms with Gasteiger partial charge in [-0.25, -0.2) is 4.79 Å². The third-order valence-electron chi connectivity index (χ3n) is 3.64. The van der Waals surface area contributed by atoms with Crippen LogP contribution in [0.4, 0.5) is 4.79 Å². The summed E-state index contributed by atoms with van der Waals surface area (Å²) in [4.78, 5) is 11.2. The van der Waals surface area contributed by atoms with Crippen LogP contribution in [0.3, 0.4) is 0 Å². The monoisotopic (exact) mass is 329 g/mol. The van der Waals surface area contributed by atoms with Gasteiger partial charge >= 0.3 is 6.03 Å². The number of nitrogens with zero attached hydrogens (tertiary/aromatic N) is 2. The smallest absolute Gasteiger partial charge is 0.313 e. The second kappa shape index (κ2) is 10.2. The molecule has 0 saturated heterocycles. The molecule has 0 bridgehead atoms. The Morgan fingerprint density at radius 1 is 1.46 bits per heavy atom. The van der Waals surface area contributed by atoms with E-state index in [1.54, 1.807) is 0 Å². The maximum atomic E-state index is 11.2. The number of carbonyl (C=O) groups is 1. The SMILES string of the molecule is C=C(C=N)C1=NN(CCC=C/C=C\C=C/C)C(NC(N)=O)CC1C. The predicted molar refractivity (Wildman–Crippen MR) is 100 cm³/mol. The van der Waals surface area contributed by atoms with E-state index in [0.717, 1.165) is 12.1 Å². The van der Waals surface area contributed by atoms with Crippen molar-refractivity contribution < 1.29 is 4.79 Å². The highest BCUT2D eigenvalue weighted by Crippen LogP contribution is 2.22. The highest BCUT2D eigenvalue weighted by Gasteiger charge is 2.29. The molecule has 6 nitrogen and oxygen atoms in total. The Kier molecular flexibility index (Phi) is 8.25. The molecule has 4 N–H and O–H groups in total. The second-order valence-electron chi connectivity index (χ2n) is 5.61. The zero-order valence-electron chi connectivity index (χ0n) is 14.4. The number of nitrogens with one attached hydrogen (secondary N) is 2. The number of urea groups is 1. The number of primary amides is 1. The summed E-state index contributed by atoms with van der Waals surface area (Å²) in [6.07, 6.45) is 14.3. The van der Waals surface area contributed by atoms with Gasteiger partial charge in [0.2, 0.25) is 0 Å². The van der Waals surface area contributed by atoms with Gasteiger partial charge in [0.15, 0.2) is 0 Å². The highest BCUT2D eigenvalue weighted by atomic mass is 16.2. The molecule has 2 atom stereocenters. The van der Waals surface area contributed by atoms with Gasteiger partial charge in [-0.15, -0.1) is 0 Å². The van der Waals surface area contributed by atoms with Crippen LogP contribution >= 0.6 is 0 Å². The van der Waals surface area contributed by atoms with Crippen LogP contribution in [0.5, 0.6) is 0 Å². The lowest BCUT2D eigenvalue weighted by Crippen LogP contribution is -2.52. The first kappa shape index (κ1) is 19.4. The molecule has 0 radical (unpaired) electrons. The van der Waals surface area contributed by atoms with Gasteiger partial charge in [-0.2, -0.15) is 5.10 Å². The van der Waals surface area contributed by atoms with E-state index in [4.69, 9.17) is 11.1 Å². The lowest BCUT2D eigenvalue weighted by atomic mass is 9.93. The Labute approximate surface area is 144 Å². The number of allylic oxidation sites excluding steroid dienone is 6. The molecule has 0 aromatic rings. The van der Waals surface area contributed by atoms with Crippen LogP contribution in [0.25, 0.3) is 0 Å². The summed E-state index contributed by atoms with van der Waals surface area (Å²) in [5.74, 6) is 0.103. The van der Waals surface area contributed by atoms with E-state index in [2.05, 4.69) is 17.0 Å². The molecule has 2 amide bonds. The van der Waals surface area contributed by atoms with Crippen LogP contribution in [0, 0.1) is 11.3 Å². The standard InChI is InChI=1S/C18H27N5O/c1-4-5-6-7-8-9-10-11-23-16(21-18(20)24)12-14(2)17(22-23)15(3)13-19/h4-9,13-14,16,19H,3,10-12H2,1-2H3,(H3,20,21,24)/b5-4-,7-6-,9-8?,19-13?. The first-order valence-electron chi connectivity index (χ1n) is 8.05. The molecule has 0 aromatic heterocycles. The van der Waals surface area contributed by atoms with Crippen LogP contribution in [-0.2, 0) is 0 Å². The van der Waals surface area contributed by atoms with E-state index in [9.17, 15) is 4.79 Å². The van der Waals surface area contributed by atoms with Crippen LogP contribution in [0.2, 0.25) is 0 Å². The van der Waals surface area contributed by atoms with Gasteiger partial charge in [-0.3, -0.25) is 5.01 Å². The fourth-order valence-electron chi connectivity index (χ4n) is 2.45. The third-order valence-corrected chi connectivity index (χ3v) is 3.64. The van der Waals surface area contributed by atoms with Gasteiger partial charge in [0.1, 0.15) is 6.17 Å². The van der Waals surface area contributed by atoms with Crippen molar-refractivity contribution in [2.75, 3.05) is 6.54 Å². The third kappa shape index (κ3) is 6.24. The van der Waals surface area contributed by atoms with Crippen molar-refractivity contribution >= 4 is 18.0 Å². The lowest BCUT2D eigenvalue weighted by Gasteiger charge is -2.36. The quantitative estimate of drug-likeness (QED) is 0.471. The molecular formula is C18H27N5O. The molecule has 1 aliphatic rings. The minimum absolute atomic E-state index is 0.103. The molecule has 1 heterocycles. The Hall–Kier alpha value is -2.63. The molecule has 1 aliphatic heterocycles. The summed E-state index contributed by atoms with van der Waals surface area (Å²) in [6, 6.07) is -0.563. The minimum Gasteiger partial charge on any atom is -0.352 e. The number of hydrazone groups is 1. The zero-order valence-corrected chi connectivity index (χ0v) is 14.4. The Morgan fingerprint density at radius 3 is 2.79 bits per heavy atom. The molecular weight excluding hydrogens is 302 g/mol. The highest BCUT2D eigenvalue weighted by molar-refractivity contribution is 6.15. The summed E-state index contributed by atoms with van der Waals surface area (Å²) in [6.45, 7) is 8.48. The van der Waals surface area contributed by atoms with Crippen molar-refractivity contribution in [3.8, 4) is 0 Å². The van der Waals surface area contributed by atoms with Gasteiger partial charge in [-0.1, -0.05) is 50.0 Å². The Morgan fingerprint density at radius 2 is 2.17 bits per heavy atom. The van der Waals surface area contributed by atoms with Gasteiger partial charge in [0.05, 0.1) is 5.71 Å². The van der Waals surface area contributed by atoms with Gasteiger partial charge in [0, 0.05) is 24.3 Å². The summed E-state index contributed by atoms with van der Waals surface area (Å²) in [5, 5.41) is 16.5. The molecule has 6 heteroatoms. The summed E-state index contributed by atoms with van der Waals surface area (Å²) in [5.41, 5.74) is 6.64. The second-order valence-corrected chi connectivity index (χ2v) is 5.61. The van der Waals surface area contributed by atoms with Crippen molar-refractivity contribution in [1.82, 2.24) is 10.3 Å². The minimum atomic E-state index is -0.563. The van der Waals surface area contributed by atoms with Crippen LogP contribution in [-0.4, -0.2) is 35.7 Å². The van der Waals surface area contributed by atoms with E-state index in [0.29, 0.717) is 18.5 Å². The van der Waals surface area contributed by atoms with Crippen LogP contribution in [0.1, 0.15) is 26.7 Å². The zero-order chi connectivity index (χ0) is 17.9. The summed E-state index contributed by atoms with van der Waals surface area (Å²) in [7, 11) is 0. The van der Waals surface area contributed by atoms with Gasteiger partial charge < -0.3 is 16.5 Å². The molecule has 0 fully saturated rings. The largest absolute Gasteiger partial charge is 0.352 e. The topological polar surface area (TPSA) is 94.6 Å². The molecule has 24 heavy (non-hydrogen) atoms. The Balaban J connectivity index is 2.78. The fraction of sp³-hybridized carbons (Fsp3) is 0.389. The van der Waals surface area contributed by atoms with Crippen molar-refractivity contribution in [2.45, 2.75) is 32.9 Å². The van der Waals surface area contributed by atoms with Crippen LogP contribution < -0.4 is 11.1 Å². The molecule has 2 unspecified atom stereocenters. The average molecular weight is 329 g/mol. The Bertz CT molecular complexity index is 574. The average Bonchev–Trinajstić information content (AvgIpc) is 2.54. The van der Waals surface area contributed by atoms with Crippen LogP contribution in [0.15, 0.2) is 53.7 Å². The lowest BCUT2D eigenvalue weighted by molar-refractivity contribution is 0.146. The van der Waals surface area contributed by atoms with E-state index >= 15 is 0 Å². The first-order chi connectivity index (χ1) is 11.5. The molecule has 0 saturated carbocycles. The number of nitrogens with two attached hydrogens (primary N) is 1. The predicted octanol–water partition coefficient (Wildman–Crippen LogP) is 2.96. The fourth-order valence-corrected chi connectivity index (χ4v) is 2.45. The molecule has 0 aromatic carbocycles. The maximum Gasteiger partial charge on any atom is 0.313 e. The van der Waals surface area contributed by atoms with Crippen molar-refractivity contribution in [1.29, 1.82) is 5.41 Å². The maximum absolute atomic E-state index is 11.2. The molecule has 130 valence electrons. The molecule has 0 aliphatic carbocycles. The van der Waals surface area contributed by atoms with Gasteiger partial charge in [0.25, 0.3) is 0 Å². The number of carbonyl (C=O) groups excluding carboxylic acids is 1. The normalized spacial score (nSPS) is 21.4. The van der Waals surface area contributed by atoms with Crippen molar-refractivity contribution in [2.24, 2.45) is 16.8 Å². The van der Waals surface area contributed by atoms with E-state index in [1.165, 1.54) is 6.21 Å². The van der Waals surface area contributed by atoms with Gasteiger partial charge in [-0.05, 0) is 19.8 Å². The molecule has 0 spiro atoms. The number of hydrogen-bond acceptors (Lipinski definition) is 4. The van der Waals surface area contributed by atoms with E-state index < -0.39 is 6.03 Å². The van der Waals surface area contributed by atoms with E-state index in [-0.39, 0.29) is 12.1 Å². The number of amides is 2. The van der Waals surface area contributed by atoms with Crippen molar-refractivity contribution in [3.05, 3.63) is 48.6 Å². The summed E-state index contributed by atoms with van der Waals surface area (Å²) < 4.78 is 0. The summed E-state index contributed by atoms with van der Waals surface area (Å²) >= 11 is 0.